The highest BCUT2D eigenvalue weighted by Crippen LogP contribution is 2.31. The van der Waals surface area contributed by atoms with Gasteiger partial charge in [0, 0.05) is 37.2 Å². The van der Waals surface area contributed by atoms with Gasteiger partial charge in [-0.1, -0.05) is 17.7 Å². The predicted octanol–water partition coefficient (Wildman–Crippen LogP) is 2.50. The molecule has 2 aliphatic heterocycles. The molecule has 0 aliphatic carbocycles. The second-order valence-corrected chi connectivity index (χ2v) is 6.46. The van der Waals surface area contributed by atoms with Crippen LogP contribution in [0.3, 0.4) is 0 Å². The van der Waals surface area contributed by atoms with Gasteiger partial charge in [0.2, 0.25) is 0 Å². The van der Waals surface area contributed by atoms with Crippen LogP contribution in [0.25, 0.3) is 5.69 Å². The number of piperidine rings is 1. The molecule has 0 saturated carbocycles. The molecule has 0 unspecified atom stereocenters. The Bertz CT molecular complexity index is 745. The Hall–Kier alpha value is -1.89. The third-order valence-electron chi connectivity index (χ3n) is 4.51. The Morgan fingerprint density at radius 1 is 1.17 bits per heavy atom. The van der Waals surface area contributed by atoms with Gasteiger partial charge in [-0.15, -0.1) is 0 Å². The van der Waals surface area contributed by atoms with Crippen LogP contribution in [0.1, 0.15) is 23.3 Å². The summed E-state index contributed by atoms with van der Waals surface area (Å²) in [5, 5.41) is 5.02. The van der Waals surface area contributed by atoms with Crippen LogP contribution < -0.4 is 0 Å². The summed E-state index contributed by atoms with van der Waals surface area (Å²) in [4.78, 5) is 14.5. The Labute approximate surface area is 144 Å². The minimum atomic E-state index is -0.475. The van der Waals surface area contributed by atoms with Crippen LogP contribution >= 0.6 is 11.6 Å². The van der Waals surface area contributed by atoms with Crippen molar-refractivity contribution in [3.05, 3.63) is 47.2 Å². The number of rotatable bonds is 2. The Kier molecular flexibility index (Phi) is 4.04. The number of nitrogens with zero attached hydrogens (tertiary/aromatic N) is 3. The second-order valence-electron chi connectivity index (χ2n) is 6.03. The topological polar surface area (TPSA) is 56.6 Å². The number of amides is 1. The molecule has 6 nitrogen and oxygen atoms in total. The van der Waals surface area contributed by atoms with Gasteiger partial charge in [0.05, 0.1) is 18.9 Å². The monoisotopic (exact) mass is 347 g/mol. The molecule has 1 aromatic heterocycles. The van der Waals surface area contributed by atoms with Crippen LogP contribution in [0.2, 0.25) is 5.02 Å². The molecular weight excluding hydrogens is 330 g/mol. The first kappa shape index (κ1) is 15.6. The Morgan fingerprint density at radius 2 is 1.92 bits per heavy atom. The van der Waals surface area contributed by atoms with Crippen LogP contribution in [0.4, 0.5) is 0 Å². The molecule has 1 aromatic carbocycles. The summed E-state index contributed by atoms with van der Waals surface area (Å²) in [5.74, 6) is -0.541. The summed E-state index contributed by atoms with van der Waals surface area (Å²) in [6, 6.07) is 9.09. The van der Waals surface area contributed by atoms with E-state index in [1.54, 1.807) is 27.9 Å². The van der Waals surface area contributed by atoms with E-state index >= 15 is 0 Å². The summed E-state index contributed by atoms with van der Waals surface area (Å²) in [7, 11) is 0. The number of benzene rings is 1. The molecule has 0 N–H and O–H groups in total. The third-order valence-corrected chi connectivity index (χ3v) is 4.74. The van der Waals surface area contributed by atoms with Crippen LogP contribution in [0.15, 0.2) is 36.5 Å². The van der Waals surface area contributed by atoms with E-state index in [-0.39, 0.29) is 5.91 Å². The van der Waals surface area contributed by atoms with Crippen molar-refractivity contribution in [2.45, 2.75) is 18.6 Å². The maximum atomic E-state index is 12.7. The van der Waals surface area contributed by atoms with Gasteiger partial charge >= 0.3 is 0 Å². The molecule has 1 amide bonds. The molecule has 1 spiro atoms. The van der Waals surface area contributed by atoms with Gasteiger partial charge in [0.25, 0.3) is 5.91 Å². The van der Waals surface area contributed by atoms with Crippen molar-refractivity contribution >= 4 is 17.5 Å². The van der Waals surface area contributed by atoms with Crippen molar-refractivity contribution in [3.8, 4) is 5.69 Å². The van der Waals surface area contributed by atoms with E-state index in [1.165, 1.54) is 0 Å². The number of carbonyl (C=O) groups is 1. The molecule has 2 aromatic rings. The van der Waals surface area contributed by atoms with Crippen LogP contribution in [0, 0.1) is 0 Å². The first-order valence-corrected chi connectivity index (χ1v) is 8.42. The number of aromatic nitrogens is 2. The van der Waals surface area contributed by atoms with E-state index in [9.17, 15) is 4.79 Å². The van der Waals surface area contributed by atoms with E-state index in [2.05, 4.69) is 5.10 Å². The smallest absolute Gasteiger partial charge is 0.274 e. The number of hydrogen-bond acceptors (Lipinski definition) is 4. The Balaban J connectivity index is 1.46. The summed E-state index contributed by atoms with van der Waals surface area (Å²) in [6.45, 7) is 2.50. The molecule has 0 bridgehead atoms. The van der Waals surface area contributed by atoms with Crippen LogP contribution in [0.5, 0.6) is 0 Å². The largest absolute Gasteiger partial charge is 0.347 e. The zero-order valence-corrected chi connectivity index (χ0v) is 13.9. The highest BCUT2D eigenvalue weighted by atomic mass is 35.5. The lowest BCUT2D eigenvalue weighted by atomic mass is 10.0. The van der Waals surface area contributed by atoms with Crippen molar-refractivity contribution in [3.63, 3.8) is 0 Å². The molecule has 24 heavy (non-hydrogen) atoms. The molecule has 7 heteroatoms. The minimum Gasteiger partial charge on any atom is -0.347 e. The van der Waals surface area contributed by atoms with Gasteiger partial charge in [0.1, 0.15) is 0 Å². The highest BCUT2D eigenvalue weighted by Gasteiger charge is 2.41. The SMILES string of the molecule is O=C(c1ccn(-c2cccc(Cl)c2)n1)N1CCC2(CC1)OCCO2. The second kappa shape index (κ2) is 6.20. The number of halogens is 1. The first-order valence-electron chi connectivity index (χ1n) is 8.04. The molecule has 0 radical (unpaired) electrons. The average molecular weight is 348 g/mol. The van der Waals surface area contributed by atoms with Crippen LogP contribution in [-0.4, -0.2) is 52.7 Å². The fourth-order valence-electron chi connectivity index (χ4n) is 3.20. The summed E-state index contributed by atoms with van der Waals surface area (Å²) < 4.78 is 13.1. The normalized spacial score (nSPS) is 19.8. The molecule has 4 rings (SSSR count). The number of hydrogen-bond donors (Lipinski definition) is 0. The maximum absolute atomic E-state index is 12.7. The quantitative estimate of drug-likeness (QED) is 0.837. The van der Waals surface area contributed by atoms with Crippen LogP contribution in [-0.2, 0) is 9.47 Å². The summed E-state index contributed by atoms with van der Waals surface area (Å²) >= 11 is 6.01. The molecule has 126 valence electrons. The van der Waals surface area contributed by atoms with E-state index in [0.717, 1.165) is 5.69 Å². The fraction of sp³-hybridized carbons (Fsp3) is 0.412. The van der Waals surface area contributed by atoms with Crippen molar-refractivity contribution in [1.82, 2.24) is 14.7 Å². The van der Waals surface area contributed by atoms with E-state index < -0.39 is 5.79 Å². The Morgan fingerprint density at radius 3 is 2.62 bits per heavy atom. The van der Waals surface area contributed by atoms with Crippen molar-refractivity contribution in [2.75, 3.05) is 26.3 Å². The fourth-order valence-corrected chi connectivity index (χ4v) is 3.38. The lowest BCUT2D eigenvalue weighted by Gasteiger charge is -2.37. The molecular formula is C17H18ClN3O3. The number of likely N-dealkylation sites (tertiary alicyclic amines) is 1. The van der Waals surface area contributed by atoms with E-state index in [4.69, 9.17) is 21.1 Å². The van der Waals surface area contributed by atoms with Crippen molar-refractivity contribution < 1.29 is 14.3 Å². The van der Waals surface area contributed by atoms with E-state index in [0.29, 0.717) is 49.9 Å². The first-order chi connectivity index (χ1) is 11.7. The van der Waals surface area contributed by atoms with Crippen molar-refractivity contribution in [1.29, 1.82) is 0 Å². The third kappa shape index (κ3) is 2.92. The zero-order valence-electron chi connectivity index (χ0n) is 13.2. The maximum Gasteiger partial charge on any atom is 0.274 e. The zero-order chi connectivity index (χ0) is 16.6. The number of carbonyl (C=O) groups excluding carboxylic acids is 1. The van der Waals surface area contributed by atoms with Crippen molar-refractivity contribution in [2.24, 2.45) is 0 Å². The molecule has 0 atom stereocenters. The van der Waals surface area contributed by atoms with E-state index in [1.807, 2.05) is 18.2 Å². The van der Waals surface area contributed by atoms with Gasteiger partial charge in [-0.25, -0.2) is 4.68 Å². The predicted molar refractivity (Wildman–Crippen MR) is 88.3 cm³/mol. The van der Waals surface area contributed by atoms with Gasteiger partial charge in [-0.2, -0.15) is 5.10 Å². The standard InChI is InChI=1S/C17H18ClN3O3/c18-13-2-1-3-14(12-13)21-7-4-15(19-21)16(22)20-8-5-17(6-9-20)23-10-11-24-17/h1-4,7,12H,5-6,8-11H2. The lowest BCUT2D eigenvalue weighted by molar-refractivity contribution is -0.181. The lowest BCUT2D eigenvalue weighted by Crippen LogP contribution is -2.47. The number of ether oxygens (including phenoxy) is 2. The van der Waals surface area contributed by atoms with Gasteiger partial charge in [-0.3, -0.25) is 4.79 Å². The van der Waals surface area contributed by atoms with Gasteiger partial charge in [0.15, 0.2) is 11.5 Å². The molecule has 2 saturated heterocycles. The minimum absolute atomic E-state index is 0.0661. The molecule has 2 fully saturated rings. The molecule has 2 aliphatic rings. The summed E-state index contributed by atoms with van der Waals surface area (Å²) in [5.41, 5.74) is 1.26. The van der Waals surface area contributed by atoms with Gasteiger partial charge < -0.3 is 14.4 Å². The average Bonchev–Trinajstić information content (AvgIpc) is 3.25. The molecule has 3 heterocycles. The summed E-state index contributed by atoms with van der Waals surface area (Å²) in [6.07, 6.45) is 3.18. The van der Waals surface area contributed by atoms with Gasteiger partial charge in [-0.05, 0) is 24.3 Å². The highest BCUT2D eigenvalue weighted by molar-refractivity contribution is 6.30.